The molecular formula is C19H24N2O3P+. The molecule has 2 aromatic rings. The fourth-order valence-electron chi connectivity index (χ4n) is 3.26. The lowest BCUT2D eigenvalue weighted by Gasteiger charge is -2.45. The summed E-state index contributed by atoms with van der Waals surface area (Å²) < 4.78 is 21.3. The molecule has 0 fully saturated rings. The Balaban J connectivity index is 2.34. The lowest BCUT2D eigenvalue weighted by atomic mass is 10.1. The molecule has 6 heteroatoms. The van der Waals surface area contributed by atoms with E-state index in [4.69, 9.17) is 4.52 Å². The summed E-state index contributed by atoms with van der Waals surface area (Å²) in [7, 11) is 0.0202. The van der Waals surface area contributed by atoms with Crippen LogP contribution in [0, 0.1) is 13.8 Å². The van der Waals surface area contributed by atoms with Crippen LogP contribution in [0.25, 0.3) is 0 Å². The van der Waals surface area contributed by atoms with Gasteiger partial charge in [0, 0.05) is 13.2 Å². The minimum atomic E-state index is -3.32. The molecule has 0 N–H and O–H groups in total. The average Bonchev–Trinajstić information content (AvgIpc) is 2.60. The zero-order valence-electron chi connectivity index (χ0n) is 15.3. The average molecular weight is 359 g/mol. The number of amides is 1. The van der Waals surface area contributed by atoms with Gasteiger partial charge in [0.05, 0.1) is 19.7 Å². The Hall–Kier alpha value is -1.94. The summed E-state index contributed by atoms with van der Waals surface area (Å²) in [5, 5.41) is 0.603. The van der Waals surface area contributed by atoms with Crippen molar-refractivity contribution >= 4 is 30.1 Å². The normalized spacial score (nSPS) is 25.6. The van der Waals surface area contributed by atoms with Crippen LogP contribution < -0.4 is 14.5 Å². The highest BCUT2D eigenvalue weighted by atomic mass is 31.2. The van der Waals surface area contributed by atoms with Crippen LogP contribution in [0.5, 0.6) is 0 Å². The summed E-state index contributed by atoms with van der Waals surface area (Å²) in [5.74, 6) is -0.00668. The number of carbonyl (C=O) groups excluding carboxylic acids is 1. The van der Waals surface area contributed by atoms with Crippen LogP contribution >= 0.6 is 7.52 Å². The van der Waals surface area contributed by atoms with E-state index in [-0.39, 0.29) is 17.1 Å². The van der Waals surface area contributed by atoms with Gasteiger partial charge >= 0.3 is 13.4 Å². The maximum atomic E-state index is 13.9. The number of anilines is 1. The minimum absolute atomic E-state index is 0.00668. The largest absolute Gasteiger partial charge is 0.336 e. The van der Waals surface area contributed by atoms with E-state index in [0.29, 0.717) is 5.30 Å². The number of hydrogen-bond acceptors (Lipinski definition) is 3. The molecule has 1 unspecified atom stereocenters. The van der Waals surface area contributed by atoms with Gasteiger partial charge in [-0.15, -0.1) is 0 Å². The molecule has 2 aromatic carbocycles. The summed E-state index contributed by atoms with van der Waals surface area (Å²) in [4.78, 5) is 12.6. The van der Waals surface area contributed by atoms with E-state index in [1.165, 1.54) is 7.11 Å². The first-order chi connectivity index (χ1) is 11.7. The lowest BCUT2D eigenvalue weighted by molar-refractivity contribution is -0.126. The minimum Gasteiger partial charge on any atom is -0.313 e. The molecule has 0 spiro atoms. The molecular weight excluding hydrogens is 335 g/mol. The molecule has 5 nitrogen and oxygen atoms in total. The Morgan fingerprint density at radius 2 is 1.76 bits per heavy atom. The quantitative estimate of drug-likeness (QED) is 0.606. The van der Waals surface area contributed by atoms with Gasteiger partial charge in [-0.05, 0) is 43.2 Å². The summed E-state index contributed by atoms with van der Waals surface area (Å²) >= 11 is 0. The number of carbonyl (C=O) groups is 1. The highest BCUT2D eigenvalue weighted by molar-refractivity contribution is 7.69. The molecule has 25 heavy (non-hydrogen) atoms. The van der Waals surface area contributed by atoms with E-state index in [1.807, 2.05) is 63.4 Å². The highest BCUT2D eigenvalue weighted by Crippen LogP contribution is 2.57. The number of para-hydroxylation sites is 1. The van der Waals surface area contributed by atoms with Crippen LogP contribution in [0.3, 0.4) is 0 Å². The second-order valence-electron chi connectivity index (χ2n) is 6.72. The summed E-state index contributed by atoms with van der Waals surface area (Å²) in [6, 6.07) is 13.4. The van der Waals surface area contributed by atoms with Crippen LogP contribution in [0.2, 0.25) is 0 Å². The van der Waals surface area contributed by atoms with Crippen molar-refractivity contribution in [1.29, 1.82) is 0 Å². The van der Waals surface area contributed by atoms with E-state index in [2.05, 4.69) is 0 Å². The van der Waals surface area contributed by atoms with Crippen molar-refractivity contribution in [3.05, 3.63) is 53.6 Å². The Labute approximate surface area is 148 Å². The Kier molecular flexibility index (Phi) is 4.36. The Bertz CT molecular complexity index is 882. The summed E-state index contributed by atoms with van der Waals surface area (Å²) in [6.07, 6.45) is 0. The first-order valence-corrected chi connectivity index (χ1v) is 9.79. The van der Waals surface area contributed by atoms with E-state index in [1.54, 1.807) is 11.6 Å². The zero-order valence-corrected chi connectivity index (χ0v) is 16.2. The third-order valence-corrected chi connectivity index (χ3v) is 7.61. The second-order valence-corrected chi connectivity index (χ2v) is 9.09. The number of fused-ring (bicyclic) bond motifs is 1. The molecule has 0 aliphatic carbocycles. The third-order valence-electron chi connectivity index (χ3n) is 5.16. The van der Waals surface area contributed by atoms with Gasteiger partial charge in [0.25, 0.3) is 0 Å². The predicted octanol–water partition coefficient (Wildman–Crippen LogP) is 3.73. The molecule has 2 atom stereocenters. The van der Waals surface area contributed by atoms with Crippen molar-refractivity contribution in [1.82, 2.24) is 4.48 Å². The van der Waals surface area contributed by atoms with Gasteiger partial charge in [-0.25, -0.2) is 13.9 Å². The predicted molar refractivity (Wildman–Crippen MR) is 102 cm³/mol. The summed E-state index contributed by atoms with van der Waals surface area (Å²) in [6.45, 7) is 5.82. The van der Waals surface area contributed by atoms with Crippen molar-refractivity contribution in [3.63, 3.8) is 0 Å². The maximum Gasteiger partial charge on any atom is 0.336 e. The van der Waals surface area contributed by atoms with Gasteiger partial charge in [-0.3, -0.25) is 4.57 Å². The number of hydrogen-bond donors (Lipinski definition) is 0. The van der Waals surface area contributed by atoms with Gasteiger partial charge < -0.3 is 4.52 Å². The number of rotatable bonds is 2. The molecule has 3 rings (SSSR count). The Morgan fingerprint density at radius 3 is 2.32 bits per heavy atom. The molecule has 1 amide bonds. The van der Waals surface area contributed by atoms with Crippen molar-refractivity contribution in [2.24, 2.45) is 0 Å². The van der Waals surface area contributed by atoms with Gasteiger partial charge in [-0.2, -0.15) is 0 Å². The van der Waals surface area contributed by atoms with Crippen LogP contribution in [0.15, 0.2) is 42.5 Å². The molecule has 132 valence electrons. The van der Waals surface area contributed by atoms with Gasteiger partial charge in [0.2, 0.25) is 0 Å². The lowest BCUT2D eigenvalue weighted by Crippen LogP contribution is -2.60. The first-order valence-electron chi connectivity index (χ1n) is 8.22. The van der Waals surface area contributed by atoms with Gasteiger partial charge in [-0.1, -0.05) is 18.2 Å². The second kappa shape index (κ2) is 6.10. The molecule has 0 bridgehead atoms. The van der Waals surface area contributed by atoms with Crippen molar-refractivity contribution < 1.29 is 13.9 Å². The van der Waals surface area contributed by atoms with E-state index in [0.717, 1.165) is 22.5 Å². The van der Waals surface area contributed by atoms with Crippen molar-refractivity contribution in [2.75, 3.05) is 25.5 Å². The van der Waals surface area contributed by atoms with Crippen LogP contribution in [0.4, 0.5) is 11.4 Å². The first kappa shape index (κ1) is 17.9. The van der Waals surface area contributed by atoms with Crippen LogP contribution in [-0.2, 0) is 13.9 Å². The highest BCUT2D eigenvalue weighted by Gasteiger charge is 2.51. The maximum absolute atomic E-state index is 13.9. The SMILES string of the molecule is COP1(=O)c2cc(C)c(C)cc2[N@+](C)(C(C)=O)CN1c1ccccc1. The molecule has 0 radical (unpaired) electrons. The standard InChI is InChI=1S/C19H24N2O3P/c1-14-11-18-19(12-15(14)2)25(23,24-5)20(13-21(18,4)16(3)22)17-9-7-6-8-10-17/h6-12H,13H2,1-5H3/q+1/t21-,25?/m0/s1. The molecule has 0 saturated heterocycles. The van der Waals surface area contributed by atoms with Gasteiger partial charge in [0.15, 0.2) is 12.4 Å². The third kappa shape index (κ3) is 2.63. The molecule has 0 aromatic heterocycles. The molecule has 0 saturated carbocycles. The number of benzene rings is 2. The van der Waals surface area contributed by atoms with Crippen LogP contribution in [-0.4, -0.2) is 26.7 Å². The Morgan fingerprint density at radius 1 is 1.16 bits per heavy atom. The fourth-order valence-corrected chi connectivity index (χ4v) is 5.71. The number of quaternary nitrogens is 1. The zero-order chi connectivity index (χ0) is 18.4. The molecule has 1 heterocycles. The van der Waals surface area contributed by atoms with Crippen molar-refractivity contribution in [3.8, 4) is 0 Å². The smallest absolute Gasteiger partial charge is 0.313 e. The topological polar surface area (TPSA) is 46.6 Å². The fraction of sp³-hybridized carbons (Fsp3) is 0.316. The molecule has 1 aliphatic heterocycles. The number of nitrogens with zero attached hydrogens (tertiary/aromatic N) is 2. The van der Waals surface area contributed by atoms with Crippen LogP contribution in [0.1, 0.15) is 18.1 Å². The van der Waals surface area contributed by atoms with E-state index < -0.39 is 7.52 Å². The number of aryl methyl sites for hydroxylation is 2. The van der Waals surface area contributed by atoms with Crippen molar-refractivity contribution in [2.45, 2.75) is 20.8 Å². The molecule has 1 aliphatic rings. The summed E-state index contributed by atoms with van der Waals surface area (Å²) in [5.41, 5.74) is 3.64. The van der Waals surface area contributed by atoms with E-state index >= 15 is 0 Å². The monoisotopic (exact) mass is 359 g/mol. The van der Waals surface area contributed by atoms with Gasteiger partial charge in [0.1, 0.15) is 5.30 Å². The van der Waals surface area contributed by atoms with E-state index in [9.17, 15) is 9.36 Å².